The summed E-state index contributed by atoms with van der Waals surface area (Å²) in [6, 6.07) is 9.07. The van der Waals surface area contributed by atoms with E-state index in [1.54, 1.807) is 31.3 Å². The van der Waals surface area contributed by atoms with Crippen LogP contribution in [0.4, 0.5) is 0 Å². The Balaban J connectivity index is 2.31. The zero-order valence-electron chi connectivity index (χ0n) is 9.60. The first-order chi connectivity index (χ1) is 8.58. The molecule has 0 bridgehead atoms. The van der Waals surface area contributed by atoms with Gasteiger partial charge in [-0.05, 0) is 31.2 Å². The Labute approximate surface area is 120 Å². The van der Waals surface area contributed by atoms with E-state index in [2.05, 4.69) is 4.98 Å². The Hall–Kier alpha value is -0.740. The largest absolute Gasteiger partial charge is 0.389 e. The van der Waals surface area contributed by atoms with E-state index < -0.39 is 6.10 Å². The Kier molecular flexibility index (Phi) is 4.51. The highest BCUT2D eigenvalue weighted by Crippen LogP contribution is 2.34. The van der Waals surface area contributed by atoms with Crippen LogP contribution >= 0.6 is 35.0 Å². The van der Waals surface area contributed by atoms with Gasteiger partial charge in [0.05, 0.1) is 16.1 Å². The molecule has 0 radical (unpaired) electrons. The molecule has 1 aromatic heterocycles. The number of pyridine rings is 1. The summed E-state index contributed by atoms with van der Waals surface area (Å²) in [7, 11) is 0. The fraction of sp³-hybridized carbons (Fsp3) is 0.154. The maximum absolute atomic E-state index is 9.68. The summed E-state index contributed by atoms with van der Waals surface area (Å²) in [4.78, 5) is 5.21. The van der Waals surface area contributed by atoms with E-state index in [4.69, 9.17) is 23.2 Å². The number of aromatic nitrogens is 1. The quantitative estimate of drug-likeness (QED) is 0.899. The van der Waals surface area contributed by atoms with Crippen molar-refractivity contribution in [1.82, 2.24) is 4.98 Å². The average Bonchev–Trinajstić information content (AvgIpc) is 2.34. The molecule has 5 heteroatoms. The molecule has 0 aliphatic carbocycles. The molecule has 2 aromatic rings. The van der Waals surface area contributed by atoms with Crippen molar-refractivity contribution in [1.29, 1.82) is 0 Å². The third-order valence-corrected chi connectivity index (χ3v) is 4.12. The highest BCUT2D eigenvalue weighted by atomic mass is 35.5. The van der Waals surface area contributed by atoms with Gasteiger partial charge >= 0.3 is 0 Å². The molecule has 1 heterocycles. The van der Waals surface area contributed by atoms with Gasteiger partial charge in [-0.25, -0.2) is 4.98 Å². The van der Waals surface area contributed by atoms with Gasteiger partial charge in [0.25, 0.3) is 0 Å². The summed E-state index contributed by atoms with van der Waals surface area (Å²) < 4.78 is 0. The fourth-order valence-electron chi connectivity index (χ4n) is 1.46. The SMILES string of the molecule is C[C@@H](O)c1cccnc1Sc1ccc(Cl)c(Cl)c1. The number of nitrogens with zero attached hydrogens (tertiary/aromatic N) is 1. The van der Waals surface area contributed by atoms with Gasteiger partial charge < -0.3 is 5.11 Å². The monoisotopic (exact) mass is 299 g/mol. The molecule has 0 spiro atoms. The Morgan fingerprint density at radius 3 is 2.67 bits per heavy atom. The van der Waals surface area contributed by atoms with Crippen LogP contribution in [-0.2, 0) is 0 Å². The molecule has 94 valence electrons. The maximum atomic E-state index is 9.68. The second-order valence-corrected chi connectivity index (χ2v) is 5.63. The molecule has 1 aromatic carbocycles. The summed E-state index contributed by atoms with van der Waals surface area (Å²) >= 11 is 13.3. The molecular weight excluding hydrogens is 289 g/mol. The average molecular weight is 300 g/mol. The van der Waals surface area contributed by atoms with E-state index in [9.17, 15) is 5.11 Å². The summed E-state index contributed by atoms with van der Waals surface area (Å²) in [5, 5.41) is 11.5. The van der Waals surface area contributed by atoms with E-state index >= 15 is 0 Å². The van der Waals surface area contributed by atoms with Gasteiger partial charge in [-0.3, -0.25) is 0 Å². The molecule has 0 saturated carbocycles. The molecule has 0 saturated heterocycles. The van der Waals surface area contributed by atoms with Crippen LogP contribution in [0.25, 0.3) is 0 Å². The van der Waals surface area contributed by atoms with Crippen LogP contribution in [0.15, 0.2) is 46.5 Å². The lowest BCUT2D eigenvalue weighted by Crippen LogP contribution is -1.95. The Bertz CT molecular complexity index is 560. The van der Waals surface area contributed by atoms with Crippen LogP contribution in [0, 0.1) is 0 Å². The van der Waals surface area contributed by atoms with E-state index in [1.165, 1.54) is 11.8 Å². The highest BCUT2D eigenvalue weighted by molar-refractivity contribution is 7.99. The van der Waals surface area contributed by atoms with Crippen LogP contribution in [0.2, 0.25) is 10.0 Å². The Morgan fingerprint density at radius 1 is 1.22 bits per heavy atom. The van der Waals surface area contributed by atoms with E-state index in [-0.39, 0.29) is 0 Å². The van der Waals surface area contributed by atoms with Crippen LogP contribution < -0.4 is 0 Å². The lowest BCUT2D eigenvalue weighted by Gasteiger charge is -2.10. The normalized spacial score (nSPS) is 12.4. The summed E-state index contributed by atoms with van der Waals surface area (Å²) in [6.07, 6.45) is 1.15. The van der Waals surface area contributed by atoms with Gasteiger partial charge in [0.1, 0.15) is 5.03 Å². The van der Waals surface area contributed by atoms with Crippen LogP contribution in [0.3, 0.4) is 0 Å². The minimum Gasteiger partial charge on any atom is -0.389 e. The maximum Gasteiger partial charge on any atom is 0.106 e. The van der Waals surface area contributed by atoms with Crippen molar-refractivity contribution in [3.8, 4) is 0 Å². The van der Waals surface area contributed by atoms with E-state index in [0.717, 1.165) is 15.5 Å². The molecule has 0 fully saturated rings. The third kappa shape index (κ3) is 3.18. The predicted octanol–water partition coefficient (Wildman–Crippen LogP) is 4.59. The number of hydrogen-bond acceptors (Lipinski definition) is 3. The zero-order chi connectivity index (χ0) is 13.1. The first kappa shape index (κ1) is 13.7. The van der Waals surface area contributed by atoms with Crippen molar-refractivity contribution in [2.75, 3.05) is 0 Å². The molecule has 18 heavy (non-hydrogen) atoms. The second kappa shape index (κ2) is 5.93. The lowest BCUT2D eigenvalue weighted by atomic mass is 10.2. The highest BCUT2D eigenvalue weighted by Gasteiger charge is 2.10. The molecule has 0 unspecified atom stereocenters. The van der Waals surface area contributed by atoms with Crippen molar-refractivity contribution in [2.24, 2.45) is 0 Å². The molecule has 1 atom stereocenters. The second-order valence-electron chi connectivity index (χ2n) is 3.75. The van der Waals surface area contributed by atoms with Gasteiger partial charge in [0, 0.05) is 16.7 Å². The number of halogens is 2. The predicted molar refractivity (Wildman–Crippen MR) is 75.5 cm³/mol. The van der Waals surface area contributed by atoms with Crippen LogP contribution in [0.5, 0.6) is 0 Å². The van der Waals surface area contributed by atoms with Crippen molar-refractivity contribution in [2.45, 2.75) is 22.9 Å². The first-order valence-corrected chi connectivity index (χ1v) is 6.91. The number of aliphatic hydroxyl groups is 1. The summed E-state index contributed by atoms with van der Waals surface area (Å²) in [5.74, 6) is 0. The smallest absolute Gasteiger partial charge is 0.106 e. The number of aliphatic hydroxyl groups excluding tert-OH is 1. The lowest BCUT2D eigenvalue weighted by molar-refractivity contribution is 0.195. The number of rotatable bonds is 3. The molecule has 0 aliphatic rings. The van der Waals surface area contributed by atoms with Crippen molar-refractivity contribution >= 4 is 35.0 Å². The summed E-state index contributed by atoms with van der Waals surface area (Å²) in [5.41, 5.74) is 0.800. The van der Waals surface area contributed by atoms with Gasteiger partial charge in [0.15, 0.2) is 0 Å². The molecule has 0 aliphatic heterocycles. The van der Waals surface area contributed by atoms with E-state index in [0.29, 0.717) is 10.0 Å². The molecule has 1 N–H and O–H groups in total. The van der Waals surface area contributed by atoms with Gasteiger partial charge in [-0.15, -0.1) is 0 Å². The zero-order valence-corrected chi connectivity index (χ0v) is 11.9. The molecule has 2 rings (SSSR count). The van der Waals surface area contributed by atoms with Gasteiger partial charge in [-0.2, -0.15) is 0 Å². The standard InChI is InChI=1S/C13H11Cl2NOS/c1-8(17)10-3-2-6-16-13(10)18-9-4-5-11(14)12(15)7-9/h2-8,17H,1H3/t8-/m1/s1. The Morgan fingerprint density at radius 2 is 2.00 bits per heavy atom. The minimum atomic E-state index is -0.552. The van der Waals surface area contributed by atoms with Crippen LogP contribution in [0.1, 0.15) is 18.6 Å². The van der Waals surface area contributed by atoms with Crippen molar-refractivity contribution in [3.05, 3.63) is 52.1 Å². The summed E-state index contributed by atoms with van der Waals surface area (Å²) in [6.45, 7) is 1.72. The van der Waals surface area contributed by atoms with Crippen LogP contribution in [-0.4, -0.2) is 10.1 Å². The number of benzene rings is 1. The first-order valence-electron chi connectivity index (χ1n) is 5.34. The topological polar surface area (TPSA) is 33.1 Å². The minimum absolute atomic E-state index is 0.510. The third-order valence-electron chi connectivity index (χ3n) is 2.36. The van der Waals surface area contributed by atoms with Crippen molar-refractivity contribution < 1.29 is 5.11 Å². The van der Waals surface area contributed by atoms with Crippen molar-refractivity contribution in [3.63, 3.8) is 0 Å². The number of hydrogen-bond donors (Lipinski definition) is 1. The van der Waals surface area contributed by atoms with E-state index in [1.807, 2.05) is 12.1 Å². The molecule has 2 nitrogen and oxygen atoms in total. The fourth-order valence-corrected chi connectivity index (χ4v) is 2.83. The van der Waals surface area contributed by atoms with Gasteiger partial charge in [0.2, 0.25) is 0 Å². The molecule has 0 amide bonds. The van der Waals surface area contributed by atoms with Gasteiger partial charge in [-0.1, -0.05) is 41.0 Å². The molecular formula is C13H11Cl2NOS.